The number of carbonyl (C=O) groups is 2. The molecule has 0 saturated heterocycles. The number of unbranched alkanes of at least 4 members (excludes halogenated alkanes) is 3. The van der Waals surface area contributed by atoms with Gasteiger partial charge in [-0.05, 0) is 98.9 Å². The minimum atomic E-state index is -0.801. The standard InChI is InChI=1S/C26H34INO5/c1-26(2,3)33-25(30)28-23(19-20-11-7-6-8-12-20)24(29)32-18-10-5-4-9-17-31-22-15-13-21(27)14-16-22/h6-8,11-16,23H,4-5,9-10,17-19H2,1-3H3,(H,28,30)/t23-/m0/s1. The van der Waals surface area contributed by atoms with E-state index in [-0.39, 0.29) is 0 Å². The number of hydrogen-bond donors (Lipinski definition) is 1. The fraction of sp³-hybridized carbons (Fsp3) is 0.462. The van der Waals surface area contributed by atoms with Crippen LogP contribution in [0, 0.1) is 3.57 Å². The van der Waals surface area contributed by atoms with Gasteiger partial charge in [0.25, 0.3) is 0 Å². The number of rotatable bonds is 12. The lowest BCUT2D eigenvalue weighted by molar-refractivity contribution is -0.146. The van der Waals surface area contributed by atoms with Crippen LogP contribution in [0.15, 0.2) is 54.6 Å². The molecule has 0 unspecified atom stereocenters. The first-order valence-corrected chi connectivity index (χ1v) is 12.4. The molecule has 0 spiro atoms. The minimum absolute atomic E-state index is 0.318. The maximum absolute atomic E-state index is 12.7. The van der Waals surface area contributed by atoms with Crippen molar-refractivity contribution in [1.82, 2.24) is 5.32 Å². The molecule has 0 fully saturated rings. The zero-order chi connectivity index (χ0) is 24.1. The van der Waals surface area contributed by atoms with Crippen LogP contribution in [-0.4, -0.2) is 36.9 Å². The van der Waals surface area contributed by atoms with Gasteiger partial charge in [-0.2, -0.15) is 0 Å². The van der Waals surface area contributed by atoms with Crippen LogP contribution >= 0.6 is 22.6 Å². The predicted octanol–water partition coefficient (Wildman–Crippen LogP) is 5.91. The predicted molar refractivity (Wildman–Crippen MR) is 137 cm³/mol. The smallest absolute Gasteiger partial charge is 0.408 e. The van der Waals surface area contributed by atoms with Crippen LogP contribution in [0.4, 0.5) is 4.79 Å². The van der Waals surface area contributed by atoms with E-state index in [1.54, 1.807) is 20.8 Å². The van der Waals surface area contributed by atoms with E-state index >= 15 is 0 Å². The molecule has 0 aliphatic heterocycles. The van der Waals surface area contributed by atoms with Gasteiger partial charge in [0.2, 0.25) is 0 Å². The highest BCUT2D eigenvalue weighted by Gasteiger charge is 2.25. The Bertz CT molecular complexity index is 849. The zero-order valence-electron chi connectivity index (χ0n) is 19.6. The highest BCUT2D eigenvalue weighted by atomic mass is 127. The summed E-state index contributed by atoms with van der Waals surface area (Å²) in [7, 11) is 0. The molecule has 1 amide bonds. The molecule has 0 radical (unpaired) electrons. The van der Waals surface area contributed by atoms with E-state index in [0.717, 1.165) is 37.0 Å². The summed E-state index contributed by atoms with van der Waals surface area (Å²) in [5, 5.41) is 2.66. The van der Waals surface area contributed by atoms with Crippen LogP contribution in [0.2, 0.25) is 0 Å². The number of carbonyl (C=O) groups excluding carboxylic acids is 2. The maximum Gasteiger partial charge on any atom is 0.408 e. The highest BCUT2D eigenvalue weighted by molar-refractivity contribution is 14.1. The molecule has 7 heteroatoms. The van der Waals surface area contributed by atoms with Gasteiger partial charge in [0, 0.05) is 9.99 Å². The lowest BCUT2D eigenvalue weighted by Crippen LogP contribution is -2.45. The quantitative estimate of drug-likeness (QED) is 0.196. The number of alkyl carbamates (subject to hydrolysis) is 1. The fourth-order valence-electron chi connectivity index (χ4n) is 3.04. The van der Waals surface area contributed by atoms with Gasteiger partial charge >= 0.3 is 12.1 Å². The van der Waals surface area contributed by atoms with Crippen LogP contribution in [0.25, 0.3) is 0 Å². The summed E-state index contributed by atoms with van der Waals surface area (Å²) < 4.78 is 17.7. The number of hydrogen-bond acceptors (Lipinski definition) is 5. The van der Waals surface area contributed by atoms with E-state index in [0.29, 0.717) is 19.6 Å². The normalized spacial score (nSPS) is 12.0. The van der Waals surface area contributed by atoms with Crippen molar-refractivity contribution in [1.29, 1.82) is 0 Å². The second kappa shape index (κ2) is 14.1. The van der Waals surface area contributed by atoms with Crippen LogP contribution in [-0.2, 0) is 20.7 Å². The maximum atomic E-state index is 12.7. The lowest BCUT2D eigenvalue weighted by atomic mass is 10.1. The summed E-state index contributed by atoms with van der Waals surface area (Å²) in [5.74, 6) is 0.429. The van der Waals surface area contributed by atoms with Crippen molar-refractivity contribution in [2.24, 2.45) is 0 Å². The Kier molecular flexibility index (Phi) is 11.5. The van der Waals surface area contributed by atoms with E-state index < -0.39 is 23.7 Å². The summed E-state index contributed by atoms with van der Waals surface area (Å²) >= 11 is 2.27. The lowest BCUT2D eigenvalue weighted by Gasteiger charge is -2.23. The van der Waals surface area contributed by atoms with Crippen LogP contribution in [0.3, 0.4) is 0 Å². The van der Waals surface area contributed by atoms with Gasteiger partial charge in [0.15, 0.2) is 0 Å². The first-order chi connectivity index (χ1) is 15.7. The fourth-order valence-corrected chi connectivity index (χ4v) is 3.40. The molecule has 0 aliphatic rings. The molecule has 0 aliphatic carbocycles. The summed E-state index contributed by atoms with van der Waals surface area (Å²) in [5.41, 5.74) is 0.289. The Morgan fingerprint density at radius 2 is 1.55 bits per heavy atom. The van der Waals surface area contributed by atoms with E-state index in [9.17, 15) is 9.59 Å². The van der Waals surface area contributed by atoms with E-state index in [1.165, 1.54) is 3.57 Å². The van der Waals surface area contributed by atoms with Crippen molar-refractivity contribution < 1.29 is 23.8 Å². The molecule has 6 nitrogen and oxygen atoms in total. The van der Waals surface area contributed by atoms with Crippen LogP contribution in [0.1, 0.15) is 52.0 Å². The average Bonchev–Trinajstić information content (AvgIpc) is 2.75. The molecule has 2 aromatic rings. The molecule has 0 saturated carbocycles. The summed E-state index contributed by atoms with van der Waals surface area (Å²) in [4.78, 5) is 24.9. The zero-order valence-corrected chi connectivity index (χ0v) is 21.8. The van der Waals surface area contributed by atoms with Gasteiger partial charge in [-0.3, -0.25) is 0 Å². The Balaban J connectivity index is 1.70. The number of esters is 1. The third-order valence-corrected chi connectivity index (χ3v) is 5.34. The molecular formula is C26H34INO5. The Morgan fingerprint density at radius 3 is 2.18 bits per heavy atom. The Morgan fingerprint density at radius 1 is 0.909 bits per heavy atom. The van der Waals surface area contributed by atoms with Gasteiger partial charge in [0.05, 0.1) is 13.2 Å². The van der Waals surface area contributed by atoms with Gasteiger partial charge in [-0.25, -0.2) is 9.59 Å². The largest absolute Gasteiger partial charge is 0.494 e. The third-order valence-electron chi connectivity index (χ3n) is 4.62. The summed E-state index contributed by atoms with van der Waals surface area (Å²) in [6.45, 7) is 6.32. The second-order valence-electron chi connectivity index (χ2n) is 8.77. The molecular weight excluding hydrogens is 533 g/mol. The van der Waals surface area contributed by atoms with Crippen molar-refractivity contribution in [3.63, 3.8) is 0 Å². The van der Waals surface area contributed by atoms with Crippen molar-refractivity contribution in [2.45, 2.75) is 64.5 Å². The molecule has 1 N–H and O–H groups in total. The first kappa shape index (κ1) is 27.0. The minimum Gasteiger partial charge on any atom is -0.494 e. The number of ether oxygens (including phenoxy) is 3. The van der Waals surface area contributed by atoms with Crippen molar-refractivity contribution in [3.05, 3.63) is 63.7 Å². The molecule has 180 valence electrons. The van der Waals surface area contributed by atoms with Crippen molar-refractivity contribution in [2.75, 3.05) is 13.2 Å². The van der Waals surface area contributed by atoms with E-state index in [1.807, 2.05) is 54.6 Å². The average molecular weight is 567 g/mol. The number of halogens is 1. The SMILES string of the molecule is CC(C)(C)OC(=O)N[C@@H](Cc1ccccc1)C(=O)OCCCCCCOc1ccc(I)cc1. The number of nitrogens with one attached hydrogen (secondary N) is 1. The monoisotopic (exact) mass is 567 g/mol. The van der Waals surface area contributed by atoms with E-state index in [2.05, 4.69) is 27.9 Å². The molecule has 0 aromatic heterocycles. The first-order valence-electron chi connectivity index (χ1n) is 11.3. The van der Waals surface area contributed by atoms with Gasteiger partial charge in [-0.15, -0.1) is 0 Å². The van der Waals surface area contributed by atoms with Crippen LogP contribution < -0.4 is 10.1 Å². The Hall–Kier alpha value is -2.29. The molecule has 2 aromatic carbocycles. The van der Waals surface area contributed by atoms with Gasteiger partial charge < -0.3 is 19.5 Å². The Labute approximate surface area is 210 Å². The summed E-state index contributed by atoms with van der Waals surface area (Å²) in [6.07, 6.45) is 3.34. The van der Waals surface area contributed by atoms with Gasteiger partial charge in [0.1, 0.15) is 17.4 Å². The molecule has 0 bridgehead atoms. The van der Waals surface area contributed by atoms with Gasteiger partial charge in [-0.1, -0.05) is 30.3 Å². The molecule has 1 atom stereocenters. The third kappa shape index (κ3) is 11.9. The molecule has 2 rings (SSSR count). The number of benzene rings is 2. The van der Waals surface area contributed by atoms with Crippen molar-refractivity contribution in [3.8, 4) is 5.75 Å². The summed E-state index contributed by atoms with van der Waals surface area (Å²) in [6, 6.07) is 16.7. The van der Waals surface area contributed by atoms with Crippen molar-refractivity contribution >= 4 is 34.7 Å². The molecule has 0 heterocycles. The topological polar surface area (TPSA) is 73.9 Å². The van der Waals surface area contributed by atoms with E-state index in [4.69, 9.17) is 14.2 Å². The molecule has 33 heavy (non-hydrogen) atoms. The second-order valence-corrected chi connectivity index (χ2v) is 10.0. The number of amides is 1. The highest BCUT2D eigenvalue weighted by Crippen LogP contribution is 2.14. The van der Waals surface area contributed by atoms with Crippen LogP contribution in [0.5, 0.6) is 5.75 Å².